The van der Waals surface area contributed by atoms with Crippen LogP contribution in [-0.2, 0) is 23.0 Å². The first-order valence-corrected chi connectivity index (χ1v) is 9.40. The molecular formula is C22H27NO5. The van der Waals surface area contributed by atoms with Crippen molar-refractivity contribution in [2.24, 2.45) is 7.05 Å². The number of aliphatic hydroxyl groups is 3. The summed E-state index contributed by atoms with van der Waals surface area (Å²) in [4.78, 5) is 11.9. The Morgan fingerprint density at radius 1 is 1.25 bits per heavy atom. The number of rotatable bonds is 5. The van der Waals surface area contributed by atoms with Crippen molar-refractivity contribution in [2.45, 2.75) is 44.7 Å². The Balaban J connectivity index is 1.87. The molecule has 2 unspecified atom stereocenters. The van der Waals surface area contributed by atoms with Gasteiger partial charge in [-0.25, -0.2) is 0 Å². The van der Waals surface area contributed by atoms with E-state index in [1.165, 1.54) is 5.56 Å². The molecule has 0 amide bonds. The Hall–Kier alpha value is -2.25. The second-order valence-corrected chi connectivity index (χ2v) is 7.25. The first-order chi connectivity index (χ1) is 13.4. The Bertz CT molecular complexity index is 881. The predicted octanol–water partition coefficient (Wildman–Crippen LogP) is 1.68. The SMILES string of the molecule is C/C=C\c1c(C)cc(Cc2cccc([C@@H]3OC(CO)C(=O)C(O)[C@H]3O)c2)n1C. The number of aryl methyl sites for hydroxylation is 1. The Kier molecular flexibility index (Phi) is 6.15. The number of carbonyl (C=O) groups is 1. The van der Waals surface area contributed by atoms with Gasteiger partial charge in [-0.3, -0.25) is 4.79 Å². The van der Waals surface area contributed by atoms with Crippen LogP contribution >= 0.6 is 0 Å². The number of aliphatic hydroxyl groups excluding tert-OH is 3. The van der Waals surface area contributed by atoms with Crippen LogP contribution in [0, 0.1) is 6.92 Å². The first-order valence-electron chi connectivity index (χ1n) is 9.40. The van der Waals surface area contributed by atoms with Crippen LogP contribution in [0.25, 0.3) is 6.08 Å². The fraction of sp³-hybridized carbons (Fsp3) is 0.409. The monoisotopic (exact) mass is 385 g/mol. The molecule has 1 aromatic heterocycles. The summed E-state index contributed by atoms with van der Waals surface area (Å²) in [5.74, 6) is -0.696. The average molecular weight is 385 g/mol. The Morgan fingerprint density at radius 2 is 2.00 bits per heavy atom. The lowest BCUT2D eigenvalue weighted by molar-refractivity contribution is -0.188. The van der Waals surface area contributed by atoms with E-state index in [2.05, 4.69) is 23.6 Å². The second-order valence-electron chi connectivity index (χ2n) is 7.25. The van der Waals surface area contributed by atoms with Crippen LogP contribution in [0.15, 0.2) is 36.4 Å². The summed E-state index contributed by atoms with van der Waals surface area (Å²) in [6, 6.07) is 9.69. The van der Waals surface area contributed by atoms with Gasteiger partial charge in [-0.15, -0.1) is 0 Å². The third-order valence-corrected chi connectivity index (χ3v) is 5.29. The molecule has 1 aliphatic heterocycles. The van der Waals surface area contributed by atoms with Gasteiger partial charge in [-0.05, 0) is 42.7 Å². The number of carbonyl (C=O) groups excluding carboxylic acids is 1. The van der Waals surface area contributed by atoms with Gasteiger partial charge in [-0.2, -0.15) is 0 Å². The molecule has 0 aliphatic carbocycles. The van der Waals surface area contributed by atoms with Crippen molar-refractivity contribution in [3.8, 4) is 0 Å². The van der Waals surface area contributed by atoms with Gasteiger partial charge in [0.25, 0.3) is 0 Å². The number of hydrogen-bond donors (Lipinski definition) is 3. The summed E-state index contributed by atoms with van der Waals surface area (Å²) in [6.45, 7) is 3.54. The van der Waals surface area contributed by atoms with Gasteiger partial charge < -0.3 is 24.6 Å². The topological polar surface area (TPSA) is 91.9 Å². The highest BCUT2D eigenvalue weighted by atomic mass is 16.5. The van der Waals surface area contributed by atoms with E-state index in [9.17, 15) is 20.1 Å². The first kappa shape index (κ1) is 20.5. The zero-order valence-corrected chi connectivity index (χ0v) is 16.4. The molecule has 2 heterocycles. The van der Waals surface area contributed by atoms with Crippen LogP contribution in [0.2, 0.25) is 0 Å². The molecule has 150 valence electrons. The van der Waals surface area contributed by atoms with Crippen molar-refractivity contribution in [3.05, 3.63) is 64.5 Å². The van der Waals surface area contributed by atoms with E-state index >= 15 is 0 Å². The fourth-order valence-corrected chi connectivity index (χ4v) is 3.76. The van der Waals surface area contributed by atoms with Gasteiger partial charge >= 0.3 is 0 Å². The van der Waals surface area contributed by atoms with Crippen molar-refractivity contribution in [2.75, 3.05) is 6.61 Å². The highest BCUT2D eigenvalue weighted by Crippen LogP contribution is 2.31. The van der Waals surface area contributed by atoms with Crippen molar-refractivity contribution in [3.63, 3.8) is 0 Å². The lowest BCUT2D eigenvalue weighted by Gasteiger charge is -2.35. The van der Waals surface area contributed by atoms with Crippen LogP contribution in [0.5, 0.6) is 0 Å². The standard InChI is InChI=1S/C22H27NO5/c1-4-6-17-13(2)9-16(23(17)3)11-14-7-5-8-15(10-14)22-21(27)20(26)19(25)18(12-24)28-22/h4-10,18,20-22,24,26-27H,11-12H2,1-3H3/b6-4-/t18?,20?,21-,22+/m1/s1. The van der Waals surface area contributed by atoms with Gasteiger partial charge in [0.2, 0.25) is 0 Å². The van der Waals surface area contributed by atoms with Crippen LogP contribution in [0.3, 0.4) is 0 Å². The van der Waals surface area contributed by atoms with Crippen molar-refractivity contribution >= 4 is 11.9 Å². The predicted molar refractivity (Wildman–Crippen MR) is 106 cm³/mol. The summed E-state index contributed by atoms with van der Waals surface area (Å²) < 4.78 is 7.73. The number of allylic oxidation sites excluding steroid dienone is 1. The molecular weight excluding hydrogens is 358 g/mol. The van der Waals surface area contributed by atoms with E-state index in [1.807, 2.05) is 38.2 Å². The summed E-state index contributed by atoms with van der Waals surface area (Å²) >= 11 is 0. The van der Waals surface area contributed by atoms with Crippen LogP contribution < -0.4 is 0 Å². The lowest BCUT2D eigenvalue weighted by Crippen LogP contribution is -2.52. The molecule has 6 nitrogen and oxygen atoms in total. The summed E-state index contributed by atoms with van der Waals surface area (Å²) in [6.07, 6.45) is -0.170. The van der Waals surface area contributed by atoms with Gasteiger partial charge in [0.1, 0.15) is 24.4 Å². The molecule has 4 atom stereocenters. The molecule has 1 fully saturated rings. The highest BCUT2D eigenvalue weighted by molar-refractivity contribution is 5.88. The van der Waals surface area contributed by atoms with Gasteiger partial charge in [0.05, 0.1) is 6.61 Å². The molecule has 0 spiro atoms. The normalized spacial score (nSPS) is 25.6. The van der Waals surface area contributed by atoms with Crippen molar-refractivity contribution in [1.29, 1.82) is 0 Å². The molecule has 0 bridgehead atoms. The van der Waals surface area contributed by atoms with E-state index in [4.69, 9.17) is 4.74 Å². The van der Waals surface area contributed by atoms with Gasteiger partial charge in [0.15, 0.2) is 5.78 Å². The number of ether oxygens (including phenoxy) is 1. The maximum atomic E-state index is 11.9. The lowest BCUT2D eigenvalue weighted by atomic mass is 9.91. The smallest absolute Gasteiger partial charge is 0.195 e. The third kappa shape index (κ3) is 3.82. The van der Waals surface area contributed by atoms with Crippen LogP contribution in [0.1, 0.15) is 41.1 Å². The average Bonchev–Trinajstić information content (AvgIpc) is 2.94. The fourth-order valence-electron chi connectivity index (χ4n) is 3.76. The number of ketones is 1. The second kappa shape index (κ2) is 8.41. The molecule has 3 N–H and O–H groups in total. The van der Waals surface area contributed by atoms with E-state index in [0.29, 0.717) is 12.0 Å². The van der Waals surface area contributed by atoms with Crippen molar-refractivity contribution in [1.82, 2.24) is 4.57 Å². The van der Waals surface area contributed by atoms with Crippen LogP contribution in [0.4, 0.5) is 0 Å². The number of Topliss-reactive ketones (excluding diaryl/α,β-unsaturated/α-hetero) is 1. The molecule has 6 heteroatoms. The molecule has 28 heavy (non-hydrogen) atoms. The zero-order valence-electron chi connectivity index (χ0n) is 16.4. The number of benzene rings is 1. The van der Waals surface area contributed by atoms with E-state index < -0.39 is 36.8 Å². The van der Waals surface area contributed by atoms with Crippen LogP contribution in [-0.4, -0.2) is 50.6 Å². The molecule has 0 saturated carbocycles. The van der Waals surface area contributed by atoms with Gasteiger partial charge in [0, 0.05) is 24.9 Å². The molecule has 1 saturated heterocycles. The van der Waals surface area contributed by atoms with E-state index in [-0.39, 0.29) is 0 Å². The molecule has 1 aliphatic rings. The summed E-state index contributed by atoms with van der Waals surface area (Å²) in [7, 11) is 2.03. The van der Waals surface area contributed by atoms with E-state index in [0.717, 1.165) is 17.0 Å². The van der Waals surface area contributed by atoms with E-state index in [1.54, 1.807) is 6.07 Å². The zero-order chi connectivity index (χ0) is 20.4. The summed E-state index contributed by atoms with van der Waals surface area (Å²) in [5.41, 5.74) is 5.19. The Morgan fingerprint density at radius 3 is 2.68 bits per heavy atom. The number of hydrogen-bond acceptors (Lipinski definition) is 5. The summed E-state index contributed by atoms with van der Waals surface area (Å²) in [5, 5.41) is 29.6. The third-order valence-electron chi connectivity index (χ3n) is 5.29. The number of aromatic nitrogens is 1. The largest absolute Gasteiger partial charge is 0.393 e. The quantitative estimate of drug-likeness (QED) is 0.728. The molecule has 3 rings (SSSR count). The number of nitrogens with zero attached hydrogens (tertiary/aromatic N) is 1. The minimum atomic E-state index is -1.57. The molecule has 1 aromatic carbocycles. The highest BCUT2D eigenvalue weighted by Gasteiger charge is 2.43. The van der Waals surface area contributed by atoms with Crippen molar-refractivity contribution < 1.29 is 24.9 Å². The Labute approximate surface area is 164 Å². The van der Waals surface area contributed by atoms with Gasteiger partial charge in [-0.1, -0.05) is 30.3 Å². The minimum absolute atomic E-state index is 0.533. The molecule has 2 aromatic rings. The maximum Gasteiger partial charge on any atom is 0.195 e. The maximum absolute atomic E-state index is 11.9. The molecule has 0 radical (unpaired) electrons. The minimum Gasteiger partial charge on any atom is -0.393 e.